The van der Waals surface area contributed by atoms with Gasteiger partial charge in [-0.05, 0) is 18.9 Å². The standard InChI is InChI=1S/C18H25N5O/c1-3-12-23-15-20-21-17(23)14-19-18(24)22(4-2)13-8-11-16-9-6-5-7-10-16/h5-11,15H,3-4,12-14H2,1-2H3,(H,19,24)/b11-8+. The summed E-state index contributed by atoms with van der Waals surface area (Å²) in [5, 5.41) is 10.9. The predicted octanol–water partition coefficient (Wildman–Crippen LogP) is 2.93. The van der Waals surface area contributed by atoms with Crippen LogP contribution in [0.4, 0.5) is 4.79 Å². The number of benzene rings is 1. The molecular weight excluding hydrogens is 302 g/mol. The second kappa shape index (κ2) is 9.50. The molecule has 1 aromatic heterocycles. The first kappa shape index (κ1) is 17.7. The highest BCUT2D eigenvalue weighted by molar-refractivity contribution is 5.74. The van der Waals surface area contributed by atoms with E-state index >= 15 is 0 Å². The first-order valence-electron chi connectivity index (χ1n) is 8.35. The number of nitrogens with zero attached hydrogens (tertiary/aromatic N) is 4. The molecule has 6 nitrogen and oxygen atoms in total. The summed E-state index contributed by atoms with van der Waals surface area (Å²) >= 11 is 0. The Morgan fingerprint density at radius 1 is 1.29 bits per heavy atom. The van der Waals surface area contributed by atoms with Crippen LogP contribution in [0.25, 0.3) is 6.08 Å². The van der Waals surface area contributed by atoms with Crippen LogP contribution in [0.1, 0.15) is 31.7 Å². The summed E-state index contributed by atoms with van der Waals surface area (Å²) in [6, 6.07) is 9.95. The van der Waals surface area contributed by atoms with Crippen molar-refractivity contribution in [1.29, 1.82) is 0 Å². The SMILES string of the molecule is CCCn1cnnc1CNC(=O)N(CC)C/C=C/c1ccccc1. The van der Waals surface area contributed by atoms with Gasteiger partial charge in [0.15, 0.2) is 5.82 Å². The van der Waals surface area contributed by atoms with E-state index in [0.717, 1.165) is 24.4 Å². The van der Waals surface area contributed by atoms with Crippen molar-refractivity contribution in [1.82, 2.24) is 25.0 Å². The van der Waals surface area contributed by atoms with Gasteiger partial charge in [-0.25, -0.2) is 4.79 Å². The van der Waals surface area contributed by atoms with Gasteiger partial charge in [0.2, 0.25) is 0 Å². The molecule has 0 saturated carbocycles. The molecule has 0 bridgehead atoms. The normalized spacial score (nSPS) is 10.9. The zero-order valence-corrected chi connectivity index (χ0v) is 14.4. The Labute approximate surface area is 143 Å². The maximum atomic E-state index is 12.3. The molecule has 24 heavy (non-hydrogen) atoms. The number of rotatable bonds is 8. The minimum Gasteiger partial charge on any atom is -0.331 e. The van der Waals surface area contributed by atoms with Crippen molar-refractivity contribution in [2.75, 3.05) is 13.1 Å². The van der Waals surface area contributed by atoms with Gasteiger partial charge in [-0.1, -0.05) is 49.4 Å². The Kier molecular flexibility index (Phi) is 7.01. The molecular formula is C18H25N5O. The smallest absolute Gasteiger partial charge is 0.318 e. The van der Waals surface area contributed by atoms with Crippen molar-refractivity contribution in [3.8, 4) is 0 Å². The molecule has 128 valence electrons. The third-order valence-corrected chi connectivity index (χ3v) is 3.66. The van der Waals surface area contributed by atoms with Crippen LogP contribution >= 0.6 is 0 Å². The summed E-state index contributed by atoms with van der Waals surface area (Å²) in [7, 11) is 0. The minimum atomic E-state index is -0.0961. The van der Waals surface area contributed by atoms with Crippen molar-refractivity contribution in [3.05, 3.63) is 54.1 Å². The van der Waals surface area contributed by atoms with Crippen LogP contribution in [-0.2, 0) is 13.1 Å². The molecule has 2 rings (SSSR count). The number of carbonyl (C=O) groups excluding carboxylic acids is 1. The van der Waals surface area contributed by atoms with E-state index in [9.17, 15) is 4.79 Å². The number of aromatic nitrogens is 3. The van der Waals surface area contributed by atoms with Crippen LogP contribution < -0.4 is 5.32 Å². The van der Waals surface area contributed by atoms with Gasteiger partial charge in [0, 0.05) is 19.6 Å². The summed E-state index contributed by atoms with van der Waals surface area (Å²) in [5.74, 6) is 0.779. The van der Waals surface area contributed by atoms with E-state index in [4.69, 9.17) is 0 Å². The summed E-state index contributed by atoms with van der Waals surface area (Å²) in [5.41, 5.74) is 1.13. The number of urea groups is 1. The third-order valence-electron chi connectivity index (χ3n) is 3.66. The van der Waals surface area contributed by atoms with Crippen LogP contribution in [0.2, 0.25) is 0 Å². The van der Waals surface area contributed by atoms with Crippen LogP contribution in [0.5, 0.6) is 0 Å². The number of carbonyl (C=O) groups is 1. The number of amides is 2. The average molecular weight is 327 g/mol. The summed E-state index contributed by atoms with van der Waals surface area (Å²) in [6.45, 7) is 6.52. The fraction of sp³-hybridized carbons (Fsp3) is 0.389. The van der Waals surface area contributed by atoms with Gasteiger partial charge >= 0.3 is 6.03 Å². The predicted molar refractivity (Wildman–Crippen MR) is 95.3 cm³/mol. The number of nitrogens with one attached hydrogen (secondary N) is 1. The van der Waals surface area contributed by atoms with E-state index < -0.39 is 0 Å². The molecule has 0 radical (unpaired) electrons. The molecule has 0 saturated heterocycles. The molecule has 1 aromatic carbocycles. The summed E-state index contributed by atoms with van der Waals surface area (Å²) < 4.78 is 1.96. The highest BCUT2D eigenvalue weighted by Crippen LogP contribution is 2.02. The lowest BCUT2D eigenvalue weighted by atomic mass is 10.2. The maximum Gasteiger partial charge on any atom is 0.318 e. The monoisotopic (exact) mass is 327 g/mol. The molecule has 0 aliphatic carbocycles. The number of hydrogen-bond acceptors (Lipinski definition) is 3. The van der Waals surface area contributed by atoms with Crippen molar-refractivity contribution in [2.24, 2.45) is 0 Å². The first-order valence-corrected chi connectivity index (χ1v) is 8.35. The summed E-state index contributed by atoms with van der Waals surface area (Å²) in [6.07, 6.45) is 6.72. The van der Waals surface area contributed by atoms with Gasteiger partial charge in [0.05, 0.1) is 6.54 Å². The highest BCUT2D eigenvalue weighted by atomic mass is 16.2. The van der Waals surface area contributed by atoms with Gasteiger partial charge in [0.1, 0.15) is 6.33 Å². The van der Waals surface area contributed by atoms with Crippen molar-refractivity contribution >= 4 is 12.1 Å². The molecule has 6 heteroatoms. The van der Waals surface area contributed by atoms with E-state index in [-0.39, 0.29) is 6.03 Å². The lowest BCUT2D eigenvalue weighted by molar-refractivity contribution is 0.205. The maximum absolute atomic E-state index is 12.3. The molecule has 0 fully saturated rings. The number of likely N-dealkylation sites (N-methyl/N-ethyl adjacent to an activating group) is 1. The second-order valence-corrected chi connectivity index (χ2v) is 5.45. The molecule has 2 amide bonds. The van der Waals surface area contributed by atoms with Gasteiger partial charge < -0.3 is 14.8 Å². The molecule has 0 spiro atoms. The Morgan fingerprint density at radius 2 is 2.08 bits per heavy atom. The van der Waals surface area contributed by atoms with Crippen molar-refractivity contribution < 1.29 is 4.79 Å². The highest BCUT2D eigenvalue weighted by Gasteiger charge is 2.11. The molecule has 0 unspecified atom stereocenters. The van der Waals surface area contributed by atoms with E-state index in [0.29, 0.717) is 19.6 Å². The Morgan fingerprint density at radius 3 is 2.79 bits per heavy atom. The fourth-order valence-corrected chi connectivity index (χ4v) is 2.35. The Hall–Kier alpha value is -2.63. The van der Waals surface area contributed by atoms with Crippen LogP contribution in [0.3, 0.4) is 0 Å². The van der Waals surface area contributed by atoms with Crippen LogP contribution in [0.15, 0.2) is 42.7 Å². The van der Waals surface area contributed by atoms with Crippen LogP contribution in [-0.4, -0.2) is 38.8 Å². The van der Waals surface area contributed by atoms with Crippen molar-refractivity contribution in [2.45, 2.75) is 33.4 Å². The molecule has 2 aromatic rings. The van der Waals surface area contributed by atoms with Gasteiger partial charge in [-0.3, -0.25) is 0 Å². The van der Waals surface area contributed by atoms with Gasteiger partial charge in [-0.15, -0.1) is 10.2 Å². The Bertz CT molecular complexity index is 650. The average Bonchev–Trinajstić information content (AvgIpc) is 3.05. The second-order valence-electron chi connectivity index (χ2n) is 5.45. The zero-order valence-electron chi connectivity index (χ0n) is 14.4. The van der Waals surface area contributed by atoms with E-state index in [1.807, 2.05) is 54.0 Å². The van der Waals surface area contributed by atoms with E-state index in [1.54, 1.807) is 11.2 Å². The topological polar surface area (TPSA) is 63.1 Å². The zero-order chi connectivity index (χ0) is 17.2. The van der Waals surface area contributed by atoms with E-state index in [1.165, 1.54) is 0 Å². The molecule has 1 heterocycles. The molecule has 0 atom stereocenters. The quantitative estimate of drug-likeness (QED) is 0.811. The van der Waals surface area contributed by atoms with Crippen LogP contribution in [0, 0.1) is 0 Å². The third kappa shape index (κ3) is 5.22. The minimum absolute atomic E-state index is 0.0961. The van der Waals surface area contributed by atoms with Crippen molar-refractivity contribution in [3.63, 3.8) is 0 Å². The number of hydrogen-bond donors (Lipinski definition) is 1. The summed E-state index contributed by atoms with van der Waals surface area (Å²) in [4.78, 5) is 14.1. The lowest BCUT2D eigenvalue weighted by Gasteiger charge is -2.19. The molecule has 1 N–H and O–H groups in total. The van der Waals surface area contributed by atoms with Gasteiger partial charge in [0.25, 0.3) is 0 Å². The number of aryl methyl sites for hydroxylation is 1. The fourth-order valence-electron chi connectivity index (χ4n) is 2.35. The van der Waals surface area contributed by atoms with Gasteiger partial charge in [-0.2, -0.15) is 0 Å². The first-order chi connectivity index (χ1) is 11.7. The Balaban J connectivity index is 1.84. The van der Waals surface area contributed by atoms with E-state index in [2.05, 4.69) is 22.4 Å². The molecule has 0 aliphatic rings. The lowest BCUT2D eigenvalue weighted by Crippen LogP contribution is -2.40. The largest absolute Gasteiger partial charge is 0.331 e. The molecule has 0 aliphatic heterocycles.